The summed E-state index contributed by atoms with van der Waals surface area (Å²) in [5.74, 6) is -0.985. The lowest BCUT2D eigenvalue weighted by Crippen LogP contribution is -2.42. The summed E-state index contributed by atoms with van der Waals surface area (Å²) in [6.07, 6.45) is -2.56. The van der Waals surface area contributed by atoms with Gasteiger partial charge in [0, 0.05) is 19.5 Å². The van der Waals surface area contributed by atoms with Crippen LogP contribution < -0.4 is 16.4 Å². The number of nitrogens with zero attached hydrogens (tertiary/aromatic N) is 4. The topological polar surface area (TPSA) is 198 Å². The summed E-state index contributed by atoms with van der Waals surface area (Å²) in [5, 5.41) is 35.4. The Morgan fingerprint density at radius 1 is 1.11 bits per heavy atom. The second kappa shape index (κ2) is 10.8. The lowest BCUT2D eigenvalue weighted by molar-refractivity contribution is -0.138. The molecule has 0 spiro atoms. The van der Waals surface area contributed by atoms with Crippen LogP contribution in [0.2, 0.25) is 0 Å². The lowest BCUT2D eigenvalue weighted by atomic mass is 10.1. The normalized spacial score (nSPS) is 21.5. The van der Waals surface area contributed by atoms with Crippen LogP contribution in [-0.2, 0) is 27.2 Å². The first-order valence-electron chi connectivity index (χ1n) is 11.6. The van der Waals surface area contributed by atoms with E-state index in [0.29, 0.717) is 31.4 Å². The third-order valence-electron chi connectivity index (χ3n) is 5.92. The first-order chi connectivity index (χ1) is 17.3. The third kappa shape index (κ3) is 5.37. The molecule has 192 valence electrons. The van der Waals surface area contributed by atoms with Crippen molar-refractivity contribution in [3.63, 3.8) is 0 Å². The number of fused-ring (bicyclic) bond motifs is 1. The van der Waals surface area contributed by atoms with E-state index in [1.165, 1.54) is 10.9 Å². The van der Waals surface area contributed by atoms with Gasteiger partial charge < -0.3 is 36.4 Å². The molecule has 2 aromatic heterocycles. The number of carbonyl (C=O) groups is 2. The molecule has 0 radical (unpaired) electrons. The van der Waals surface area contributed by atoms with Gasteiger partial charge in [0.2, 0.25) is 5.95 Å². The Labute approximate surface area is 206 Å². The van der Waals surface area contributed by atoms with Crippen molar-refractivity contribution in [1.29, 1.82) is 0 Å². The highest BCUT2D eigenvalue weighted by atomic mass is 16.6. The number of likely N-dealkylation sites (N-methyl/N-ethyl adjacent to an activating group) is 1. The fourth-order valence-electron chi connectivity index (χ4n) is 4.03. The Morgan fingerprint density at radius 3 is 2.47 bits per heavy atom. The monoisotopic (exact) mass is 499 g/mol. The molecule has 3 heterocycles. The fraction of sp³-hybridized carbons (Fsp3) is 0.435. The quantitative estimate of drug-likeness (QED) is 0.217. The standard InChI is InChI=1S/C23H29N7O6/c1-2-25-21(35)18-16(33)17(34)22(36-18)30-11-27-15-19(24)28-23(29-20(15)30)26-10-9-13-5-3-12(4-6-13)7-8-14(31)32/h3-6,11,16-18,22,33-34H,2,7-10H2,1H3,(H,25,35)(H,31,32)(H3,24,26,28,29)/t16-,17+,18+,22-/m1/s1. The summed E-state index contributed by atoms with van der Waals surface area (Å²) in [6.45, 7) is 2.59. The number of aryl methyl sites for hydroxylation is 1. The van der Waals surface area contributed by atoms with E-state index in [2.05, 4.69) is 25.6 Å². The van der Waals surface area contributed by atoms with Gasteiger partial charge >= 0.3 is 5.97 Å². The van der Waals surface area contributed by atoms with Gasteiger partial charge in [-0.2, -0.15) is 9.97 Å². The Bertz CT molecular complexity index is 1230. The Morgan fingerprint density at radius 2 is 1.81 bits per heavy atom. The molecule has 1 aromatic carbocycles. The number of nitrogens with two attached hydrogens (primary N) is 1. The van der Waals surface area contributed by atoms with Crippen LogP contribution in [0.3, 0.4) is 0 Å². The van der Waals surface area contributed by atoms with Crippen molar-refractivity contribution in [1.82, 2.24) is 24.8 Å². The Kier molecular flexibility index (Phi) is 7.62. The number of hydrogen-bond acceptors (Lipinski definition) is 10. The number of aliphatic hydroxyl groups excluding tert-OH is 2. The summed E-state index contributed by atoms with van der Waals surface area (Å²) in [5.41, 5.74) is 8.65. The maximum absolute atomic E-state index is 12.2. The number of carboxylic acids is 1. The van der Waals surface area contributed by atoms with Crippen molar-refractivity contribution < 1.29 is 29.6 Å². The minimum absolute atomic E-state index is 0.0905. The number of benzene rings is 1. The molecule has 4 atom stereocenters. The zero-order valence-corrected chi connectivity index (χ0v) is 19.7. The van der Waals surface area contributed by atoms with Crippen LogP contribution >= 0.6 is 0 Å². The van der Waals surface area contributed by atoms with Crippen LogP contribution in [0.5, 0.6) is 0 Å². The molecule has 36 heavy (non-hydrogen) atoms. The molecular weight excluding hydrogens is 470 g/mol. The van der Waals surface area contributed by atoms with Crippen molar-refractivity contribution in [2.24, 2.45) is 0 Å². The molecule has 0 saturated carbocycles. The number of imidazole rings is 1. The number of rotatable bonds is 10. The molecule has 0 aliphatic carbocycles. The highest BCUT2D eigenvalue weighted by molar-refractivity contribution is 5.83. The highest BCUT2D eigenvalue weighted by Gasteiger charge is 2.47. The zero-order chi connectivity index (χ0) is 25.8. The first-order valence-corrected chi connectivity index (χ1v) is 11.6. The molecule has 1 saturated heterocycles. The van der Waals surface area contributed by atoms with Gasteiger partial charge in [0.1, 0.15) is 17.7 Å². The molecule has 13 nitrogen and oxygen atoms in total. The summed E-state index contributed by atoms with van der Waals surface area (Å²) in [6, 6.07) is 7.71. The van der Waals surface area contributed by atoms with Crippen LogP contribution in [-0.4, -0.2) is 78.1 Å². The number of carboxylic acid groups (broad SMARTS) is 1. The van der Waals surface area contributed by atoms with Gasteiger partial charge in [0.05, 0.1) is 6.33 Å². The zero-order valence-electron chi connectivity index (χ0n) is 19.7. The number of aromatic nitrogens is 4. The van der Waals surface area contributed by atoms with E-state index in [1.807, 2.05) is 24.3 Å². The summed E-state index contributed by atoms with van der Waals surface area (Å²) >= 11 is 0. The average molecular weight is 500 g/mol. The summed E-state index contributed by atoms with van der Waals surface area (Å²) < 4.78 is 7.09. The molecule has 3 aromatic rings. The number of aliphatic carboxylic acids is 1. The largest absolute Gasteiger partial charge is 0.481 e. The second-order valence-electron chi connectivity index (χ2n) is 8.47. The van der Waals surface area contributed by atoms with Crippen LogP contribution in [0.25, 0.3) is 11.2 Å². The number of hydrogen-bond donors (Lipinski definition) is 6. The third-order valence-corrected chi connectivity index (χ3v) is 5.92. The second-order valence-corrected chi connectivity index (χ2v) is 8.47. The van der Waals surface area contributed by atoms with Gasteiger partial charge in [-0.15, -0.1) is 0 Å². The number of nitrogens with one attached hydrogen (secondary N) is 2. The molecule has 4 rings (SSSR count). The number of ether oxygens (including phenoxy) is 1. The first kappa shape index (κ1) is 25.3. The molecule has 0 bridgehead atoms. The Hall–Kier alpha value is -3.81. The van der Waals surface area contributed by atoms with E-state index < -0.39 is 36.4 Å². The number of aliphatic hydroxyl groups is 2. The van der Waals surface area contributed by atoms with E-state index in [9.17, 15) is 19.8 Å². The van der Waals surface area contributed by atoms with Crippen molar-refractivity contribution in [2.75, 3.05) is 24.1 Å². The number of anilines is 2. The smallest absolute Gasteiger partial charge is 0.303 e. The Balaban J connectivity index is 1.45. The van der Waals surface area contributed by atoms with E-state index in [-0.39, 0.29) is 23.8 Å². The minimum Gasteiger partial charge on any atom is -0.481 e. The van der Waals surface area contributed by atoms with Crippen LogP contribution in [0.4, 0.5) is 11.8 Å². The maximum Gasteiger partial charge on any atom is 0.303 e. The highest BCUT2D eigenvalue weighted by Crippen LogP contribution is 2.32. The fourth-order valence-corrected chi connectivity index (χ4v) is 4.03. The van der Waals surface area contributed by atoms with E-state index >= 15 is 0 Å². The van der Waals surface area contributed by atoms with E-state index in [4.69, 9.17) is 15.6 Å². The molecule has 1 aliphatic heterocycles. The van der Waals surface area contributed by atoms with Crippen LogP contribution in [0.15, 0.2) is 30.6 Å². The van der Waals surface area contributed by atoms with Crippen molar-refractivity contribution >= 4 is 34.8 Å². The van der Waals surface area contributed by atoms with Gasteiger partial charge in [-0.05, 0) is 30.9 Å². The summed E-state index contributed by atoms with van der Waals surface area (Å²) in [7, 11) is 0. The van der Waals surface area contributed by atoms with E-state index in [0.717, 1.165) is 11.1 Å². The van der Waals surface area contributed by atoms with Gasteiger partial charge in [-0.1, -0.05) is 24.3 Å². The predicted molar refractivity (Wildman–Crippen MR) is 129 cm³/mol. The lowest BCUT2D eigenvalue weighted by Gasteiger charge is -2.16. The molecule has 1 fully saturated rings. The van der Waals surface area contributed by atoms with Crippen molar-refractivity contribution in [2.45, 2.75) is 50.7 Å². The molecule has 13 heteroatoms. The number of nitrogen functional groups attached to an aromatic ring is 1. The van der Waals surface area contributed by atoms with Crippen LogP contribution in [0.1, 0.15) is 30.7 Å². The van der Waals surface area contributed by atoms with Gasteiger partial charge in [-0.3, -0.25) is 14.2 Å². The number of carbonyl (C=O) groups excluding carboxylic acids is 1. The summed E-state index contributed by atoms with van der Waals surface area (Å²) in [4.78, 5) is 35.8. The predicted octanol–water partition coefficient (Wildman–Crippen LogP) is -0.164. The molecular formula is C23H29N7O6. The maximum atomic E-state index is 12.2. The minimum atomic E-state index is -1.42. The average Bonchev–Trinajstić information content (AvgIpc) is 3.40. The van der Waals surface area contributed by atoms with Crippen molar-refractivity contribution in [3.05, 3.63) is 41.7 Å². The molecule has 7 N–H and O–H groups in total. The van der Waals surface area contributed by atoms with Crippen molar-refractivity contribution in [3.8, 4) is 0 Å². The van der Waals surface area contributed by atoms with Gasteiger partial charge in [-0.25, -0.2) is 4.98 Å². The molecule has 1 amide bonds. The number of amides is 1. The van der Waals surface area contributed by atoms with E-state index in [1.54, 1.807) is 6.92 Å². The van der Waals surface area contributed by atoms with Crippen LogP contribution in [0, 0.1) is 0 Å². The molecule has 0 unspecified atom stereocenters. The van der Waals surface area contributed by atoms with Gasteiger partial charge in [0.15, 0.2) is 23.8 Å². The molecule has 1 aliphatic rings. The SMILES string of the molecule is CCNC(=O)[C@H]1O[C@@H](n2cnc3c(N)nc(NCCc4ccc(CCC(=O)O)cc4)nc32)[C@@H](O)[C@H]1O. The van der Waals surface area contributed by atoms with Gasteiger partial charge in [0.25, 0.3) is 5.91 Å².